The van der Waals surface area contributed by atoms with Crippen molar-refractivity contribution in [2.45, 2.75) is 71.8 Å². The zero-order valence-electron chi connectivity index (χ0n) is 18.3. The monoisotopic (exact) mass is 393 g/mol. The SMILES string of the molecule is CCCCN(CCCC)CCNC(=O)C1=C(C)C(=O)OC12CCN(CC)CC2. The van der Waals surface area contributed by atoms with Crippen molar-refractivity contribution in [1.29, 1.82) is 0 Å². The number of hydrogen-bond donors (Lipinski definition) is 1. The molecule has 0 saturated carbocycles. The van der Waals surface area contributed by atoms with Crippen LogP contribution in [0.15, 0.2) is 11.1 Å². The quantitative estimate of drug-likeness (QED) is 0.547. The summed E-state index contributed by atoms with van der Waals surface area (Å²) < 4.78 is 5.75. The lowest BCUT2D eigenvalue weighted by Crippen LogP contribution is -2.49. The lowest BCUT2D eigenvalue weighted by atomic mass is 9.82. The third-order valence-electron chi connectivity index (χ3n) is 6.13. The average Bonchev–Trinajstić information content (AvgIpc) is 2.93. The average molecular weight is 394 g/mol. The molecule has 6 nitrogen and oxygen atoms in total. The zero-order chi connectivity index (χ0) is 20.6. The third-order valence-corrected chi connectivity index (χ3v) is 6.13. The summed E-state index contributed by atoms with van der Waals surface area (Å²) in [6, 6.07) is 0. The van der Waals surface area contributed by atoms with Gasteiger partial charge in [0.15, 0.2) is 0 Å². The number of carbonyl (C=O) groups is 2. The van der Waals surface area contributed by atoms with Gasteiger partial charge in [-0.3, -0.25) is 4.79 Å². The van der Waals surface area contributed by atoms with Crippen molar-refractivity contribution in [3.8, 4) is 0 Å². The van der Waals surface area contributed by atoms with Gasteiger partial charge in [0, 0.05) is 44.6 Å². The van der Waals surface area contributed by atoms with Crippen LogP contribution in [0.4, 0.5) is 0 Å². The number of piperidine rings is 1. The minimum absolute atomic E-state index is 0.126. The molecule has 2 rings (SSSR count). The molecule has 0 aromatic rings. The van der Waals surface area contributed by atoms with Crippen molar-refractivity contribution in [1.82, 2.24) is 15.1 Å². The summed E-state index contributed by atoms with van der Waals surface area (Å²) >= 11 is 0. The number of ether oxygens (including phenoxy) is 1. The van der Waals surface area contributed by atoms with Gasteiger partial charge in [-0.05, 0) is 39.4 Å². The van der Waals surface area contributed by atoms with Crippen molar-refractivity contribution < 1.29 is 14.3 Å². The smallest absolute Gasteiger partial charge is 0.335 e. The Kier molecular flexibility index (Phi) is 8.96. The van der Waals surface area contributed by atoms with Crippen LogP contribution in [0.25, 0.3) is 0 Å². The van der Waals surface area contributed by atoms with Crippen molar-refractivity contribution in [3.05, 3.63) is 11.1 Å². The van der Waals surface area contributed by atoms with E-state index in [4.69, 9.17) is 4.74 Å². The lowest BCUT2D eigenvalue weighted by Gasteiger charge is -2.39. The van der Waals surface area contributed by atoms with Crippen molar-refractivity contribution in [3.63, 3.8) is 0 Å². The van der Waals surface area contributed by atoms with E-state index in [-0.39, 0.29) is 11.9 Å². The summed E-state index contributed by atoms with van der Waals surface area (Å²) in [6.45, 7) is 14.6. The first-order valence-corrected chi connectivity index (χ1v) is 11.1. The van der Waals surface area contributed by atoms with Crippen LogP contribution in [-0.4, -0.2) is 73.1 Å². The van der Waals surface area contributed by atoms with Crippen molar-refractivity contribution in [2.75, 3.05) is 45.8 Å². The maximum absolute atomic E-state index is 13.0. The van der Waals surface area contributed by atoms with Crippen LogP contribution in [-0.2, 0) is 14.3 Å². The fraction of sp³-hybridized carbons (Fsp3) is 0.818. The predicted molar refractivity (Wildman–Crippen MR) is 112 cm³/mol. The van der Waals surface area contributed by atoms with E-state index in [0.717, 1.165) is 39.3 Å². The van der Waals surface area contributed by atoms with Gasteiger partial charge in [0.25, 0.3) is 5.91 Å². The maximum atomic E-state index is 13.0. The van der Waals surface area contributed by atoms with Crippen LogP contribution in [0, 0.1) is 0 Å². The molecule has 1 N–H and O–H groups in total. The summed E-state index contributed by atoms with van der Waals surface area (Å²) in [6.07, 6.45) is 6.12. The van der Waals surface area contributed by atoms with E-state index in [9.17, 15) is 9.59 Å². The van der Waals surface area contributed by atoms with Gasteiger partial charge in [0.05, 0.1) is 5.57 Å². The summed E-state index contributed by atoms with van der Waals surface area (Å²) in [5, 5.41) is 3.07. The molecule has 2 heterocycles. The summed E-state index contributed by atoms with van der Waals surface area (Å²) in [7, 11) is 0. The Morgan fingerprint density at radius 2 is 1.71 bits per heavy atom. The van der Waals surface area contributed by atoms with Gasteiger partial charge in [-0.2, -0.15) is 0 Å². The van der Waals surface area contributed by atoms with Crippen LogP contribution in [0.3, 0.4) is 0 Å². The predicted octanol–water partition coefficient (Wildman–Crippen LogP) is 2.73. The Morgan fingerprint density at radius 3 is 2.25 bits per heavy atom. The highest BCUT2D eigenvalue weighted by Crippen LogP contribution is 2.40. The largest absolute Gasteiger partial charge is 0.450 e. The number of amides is 1. The molecule has 0 aromatic heterocycles. The highest BCUT2D eigenvalue weighted by Gasteiger charge is 2.50. The van der Waals surface area contributed by atoms with E-state index in [1.807, 2.05) is 0 Å². The molecule has 1 amide bonds. The molecule has 160 valence electrons. The molecule has 2 aliphatic rings. The second kappa shape index (κ2) is 11.0. The van der Waals surface area contributed by atoms with Gasteiger partial charge in [-0.25, -0.2) is 4.79 Å². The van der Waals surface area contributed by atoms with Crippen molar-refractivity contribution >= 4 is 11.9 Å². The molecule has 0 atom stereocenters. The first-order chi connectivity index (χ1) is 13.5. The van der Waals surface area contributed by atoms with E-state index in [1.54, 1.807) is 6.92 Å². The number of likely N-dealkylation sites (tertiary alicyclic amines) is 1. The summed E-state index contributed by atoms with van der Waals surface area (Å²) in [5.74, 6) is -0.457. The second-order valence-corrected chi connectivity index (χ2v) is 8.12. The first kappa shape index (κ1) is 22.9. The van der Waals surface area contributed by atoms with Crippen LogP contribution in [0.1, 0.15) is 66.2 Å². The van der Waals surface area contributed by atoms with E-state index in [2.05, 4.69) is 35.9 Å². The molecule has 0 aromatic carbocycles. The molecule has 1 fully saturated rings. The minimum Gasteiger partial charge on any atom is -0.450 e. The second-order valence-electron chi connectivity index (χ2n) is 8.12. The highest BCUT2D eigenvalue weighted by molar-refractivity contribution is 6.07. The standard InChI is InChI=1S/C22H39N3O3/c1-5-8-13-25(14-9-6-2)17-12-23-20(26)19-18(4)21(27)28-22(19)10-15-24(7-3)16-11-22/h5-17H2,1-4H3,(H,23,26). The number of hydrogen-bond acceptors (Lipinski definition) is 5. The van der Waals surface area contributed by atoms with E-state index < -0.39 is 5.60 Å². The van der Waals surface area contributed by atoms with Crippen LogP contribution < -0.4 is 5.32 Å². The number of rotatable bonds is 11. The van der Waals surface area contributed by atoms with E-state index in [0.29, 0.717) is 30.5 Å². The Balaban J connectivity index is 1.96. The molecule has 28 heavy (non-hydrogen) atoms. The normalized spacial score (nSPS) is 19.5. The van der Waals surface area contributed by atoms with Gasteiger partial charge in [0.1, 0.15) is 5.60 Å². The fourth-order valence-corrected chi connectivity index (χ4v) is 4.22. The Morgan fingerprint density at radius 1 is 1.11 bits per heavy atom. The minimum atomic E-state index is -0.721. The Labute approximate surface area is 170 Å². The lowest BCUT2D eigenvalue weighted by molar-refractivity contribution is -0.150. The molecule has 1 saturated heterocycles. The van der Waals surface area contributed by atoms with Gasteiger partial charge in [-0.1, -0.05) is 33.6 Å². The number of unbranched alkanes of at least 4 members (excludes halogenated alkanes) is 2. The fourth-order valence-electron chi connectivity index (χ4n) is 4.22. The molecule has 0 bridgehead atoms. The number of nitrogens with one attached hydrogen (secondary N) is 1. The Hall–Kier alpha value is -1.40. The van der Waals surface area contributed by atoms with E-state index in [1.165, 1.54) is 25.7 Å². The molecule has 2 aliphatic heterocycles. The van der Waals surface area contributed by atoms with Crippen LogP contribution in [0.2, 0.25) is 0 Å². The summed E-state index contributed by atoms with van der Waals surface area (Å²) in [5.41, 5.74) is 0.333. The molecule has 0 aliphatic carbocycles. The molecule has 1 spiro atoms. The van der Waals surface area contributed by atoms with Crippen molar-refractivity contribution in [2.24, 2.45) is 0 Å². The molecule has 6 heteroatoms. The van der Waals surface area contributed by atoms with Crippen LogP contribution in [0.5, 0.6) is 0 Å². The number of nitrogens with zero attached hydrogens (tertiary/aromatic N) is 2. The molecule has 0 radical (unpaired) electrons. The van der Waals surface area contributed by atoms with Gasteiger partial charge < -0.3 is 19.9 Å². The Bertz CT molecular complexity index is 557. The zero-order valence-corrected chi connectivity index (χ0v) is 18.3. The third kappa shape index (κ3) is 5.57. The highest BCUT2D eigenvalue weighted by atomic mass is 16.6. The summed E-state index contributed by atoms with van der Waals surface area (Å²) in [4.78, 5) is 30.0. The molecular weight excluding hydrogens is 354 g/mol. The van der Waals surface area contributed by atoms with E-state index >= 15 is 0 Å². The van der Waals surface area contributed by atoms with Crippen LogP contribution >= 0.6 is 0 Å². The first-order valence-electron chi connectivity index (χ1n) is 11.1. The molecular formula is C22H39N3O3. The van der Waals surface area contributed by atoms with Gasteiger partial charge >= 0.3 is 5.97 Å². The van der Waals surface area contributed by atoms with Gasteiger partial charge in [-0.15, -0.1) is 0 Å². The van der Waals surface area contributed by atoms with Gasteiger partial charge in [0.2, 0.25) is 0 Å². The number of carbonyl (C=O) groups excluding carboxylic acids is 2. The topological polar surface area (TPSA) is 61.9 Å². The maximum Gasteiger partial charge on any atom is 0.335 e. The number of esters is 1. The molecule has 0 unspecified atom stereocenters.